The monoisotopic (exact) mass is 337 g/mol. The van der Waals surface area contributed by atoms with Gasteiger partial charge in [0.1, 0.15) is 10.3 Å². The lowest BCUT2D eigenvalue weighted by Crippen LogP contribution is -2.24. The highest BCUT2D eigenvalue weighted by Gasteiger charge is 2.29. The van der Waals surface area contributed by atoms with Gasteiger partial charge >= 0.3 is 0 Å². The molecule has 1 N–H and O–H groups in total. The lowest BCUT2D eigenvalue weighted by atomic mass is 10.1. The van der Waals surface area contributed by atoms with Crippen LogP contribution in [0.2, 0.25) is 0 Å². The summed E-state index contributed by atoms with van der Waals surface area (Å²) in [6.45, 7) is 1.48. The first kappa shape index (κ1) is 15.1. The van der Waals surface area contributed by atoms with Crippen LogP contribution in [0.4, 0.5) is 5.69 Å². The first-order chi connectivity index (χ1) is 8.29. The molecule has 0 aliphatic carbocycles. The lowest BCUT2D eigenvalue weighted by Gasteiger charge is -2.17. The van der Waals surface area contributed by atoms with Crippen LogP contribution in [0.3, 0.4) is 0 Å². The second-order valence-electron chi connectivity index (χ2n) is 3.60. The molecule has 18 heavy (non-hydrogen) atoms. The van der Waals surface area contributed by atoms with Gasteiger partial charge in [-0.2, -0.15) is 0 Å². The molecule has 0 unspecified atom stereocenters. The van der Waals surface area contributed by atoms with E-state index in [1.807, 2.05) is 0 Å². The van der Waals surface area contributed by atoms with E-state index in [-0.39, 0.29) is 11.4 Å². The Morgan fingerprint density at radius 1 is 1.39 bits per heavy atom. The molecule has 2 atom stereocenters. The smallest absolute Gasteiger partial charge is 0.269 e. The van der Waals surface area contributed by atoms with Gasteiger partial charge in [0.25, 0.3) is 5.69 Å². The van der Waals surface area contributed by atoms with Crippen molar-refractivity contribution in [3.05, 3.63) is 39.9 Å². The van der Waals surface area contributed by atoms with E-state index in [4.69, 9.17) is 0 Å². The van der Waals surface area contributed by atoms with Crippen LogP contribution in [-0.2, 0) is 9.84 Å². The number of nitro groups is 1. The zero-order chi connectivity index (χ0) is 13.9. The number of halogens is 1. The van der Waals surface area contributed by atoms with Crippen molar-refractivity contribution in [2.24, 2.45) is 0 Å². The Hall–Kier alpha value is -0.990. The molecule has 0 amide bonds. The third-order valence-electron chi connectivity index (χ3n) is 2.44. The minimum atomic E-state index is -3.44. The maximum atomic E-state index is 11.6. The molecule has 0 saturated heterocycles. The Morgan fingerprint density at radius 2 is 1.89 bits per heavy atom. The Morgan fingerprint density at radius 3 is 2.28 bits per heavy atom. The van der Waals surface area contributed by atoms with Crippen molar-refractivity contribution in [1.29, 1.82) is 0 Å². The molecule has 100 valence electrons. The topological polar surface area (TPSA) is 97.5 Å². The van der Waals surface area contributed by atoms with E-state index in [1.54, 1.807) is 0 Å². The largest absolute Gasteiger partial charge is 0.386 e. The van der Waals surface area contributed by atoms with Gasteiger partial charge in [0.2, 0.25) is 0 Å². The average molecular weight is 338 g/mol. The average Bonchev–Trinajstić information content (AvgIpc) is 2.37. The van der Waals surface area contributed by atoms with Crippen LogP contribution < -0.4 is 0 Å². The number of hydrogen-bond acceptors (Lipinski definition) is 5. The quantitative estimate of drug-likeness (QED) is 0.501. The molecule has 0 aliphatic heterocycles. The van der Waals surface area contributed by atoms with E-state index in [0.717, 1.165) is 0 Å². The molecule has 0 aliphatic rings. The molecule has 6 nitrogen and oxygen atoms in total. The fraction of sp³-hybridized carbons (Fsp3) is 0.400. The van der Waals surface area contributed by atoms with Gasteiger partial charge in [0.05, 0.1) is 4.92 Å². The molecule has 0 saturated carbocycles. The fourth-order valence-electron chi connectivity index (χ4n) is 1.30. The predicted molar refractivity (Wildman–Crippen MR) is 70.2 cm³/mol. The molecule has 0 fully saturated rings. The summed E-state index contributed by atoms with van der Waals surface area (Å²) in [5, 5.41) is 20.3. The van der Waals surface area contributed by atoms with Crippen molar-refractivity contribution in [2.45, 2.75) is 17.2 Å². The SMILES string of the molecule is CCS(=O)(=O)[C@@H](Br)[C@@H](O)c1ccc([N+](=O)[O-])cc1. The normalized spacial score (nSPS) is 15.1. The van der Waals surface area contributed by atoms with Crippen molar-refractivity contribution >= 4 is 31.5 Å². The summed E-state index contributed by atoms with van der Waals surface area (Å²) in [4.78, 5) is 9.89. The second-order valence-corrected chi connectivity index (χ2v) is 7.60. The summed E-state index contributed by atoms with van der Waals surface area (Å²) in [7, 11) is -3.44. The van der Waals surface area contributed by atoms with Crippen LogP contribution in [0.1, 0.15) is 18.6 Å². The van der Waals surface area contributed by atoms with Gasteiger partial charge in [-0.15, -0.1) is 0 Å². The van der Waals surface area contributed by atoms with Gasteiger partial charge < -0.3 is 5.11 Å². The van der Waals surface area contributed by atoms with E-state index in [9.17, 15) is 23.6 Å². The first-order valence-corrected chi connectivity index (χ1v) is 7.70. The van der Waals surface area contributed by atoms with Gasteiger partial charge in [-0.3, -0.25) is 10.1 Å². The fourth-order valence-corrected chi connectivity index (χ4v) is 3.27. The summed E-state index contributed by atoms with van der Waals surface area (Å²) in [6.07, 6.45) is -1.27. The molecule has 0 spiro atoms. The minimum absolute atomic E-state index is 0.104. The van der Waals surface area contributed by atoms with E-state index >= 15 is 0 Å². The maximum absolute atomic E-state index is 11.6. The van der Waals surface area contributed by atoms with E-state index < -0.39 is 25.0 Å². The van der Waals surface area contributed by atoms with Gasteiger partial charge in [-0.1, -0.05) is 22.9 Å². The van der Waals surface area contributed by atoms with Crippen molar-refractivity contribution in [1.82, 2.24) is 0 Å². The van der Waals surface area contributed by atoms with Gasteiger partial charge in [-0.05, 0) is 17.7 Å². The highest BCUT2D eigenvalue weighted by Crippen LogP contribution is 2.28. The van der Waals surface area contributed by atoms with Crippen molar-refractivity contribution < 1.29 is 18.4 Å². The number of hydrogen-bond donors (Lipinski definition) is 1. The van der Waals surface area contributed by atoms with Crippen LogP contribution in [-0.4, -0.2) is 28.4 Å². The van der Waals surface area contributed by atoms with Crippen LogP contribution in [0.25, 0.3) is 0 Å². The summed E-state index contributed by atoms with van der Waals surface area (Å²) in [5.41, 5.74) is 0.190. The predicted octanol–water partition coefficient (Wildman–Crippen LogP) is 1.78. The van der Waals surface area contributed by atoms with Crippen molar-refractivity contribution in [3.8, 4) is 0 Å². The van der Waals surface area contributed by atoms with Crippen LogP contribution in [0.5, 0.6) is 0 Å². The highest BCUT2D eigenvalue weighted by atomic mass is 79.9. The van der Waals surface area contributed by atoms with Crippen LogP contribution in [0.15, 0.2) is 24.3 Å². The molecule has 0 heterocycles. The Labute approximate surface area is 113 Å². The van der Waals surface area contributed by atoms with Crippen LogP contribution in [0, 0.1) is 10.1 Å². The lowest BCUT2D eigenvalue weighted by molar-refractivity contribution is -0.384. The summed E-state index contributed by atoms with van der Waals surface area (Å²) < 4.78 is 22.0. The zero-order valence-electron chi connectivity index (χ0n) is 9.48. The first-order valence-electron chi connectivity index (χ1n) is 5.07. The molecule has 0 aromatic heterocycles. The Balaban J connectivity index is 2.98. The number of aliphatic hydroxyl groups is 1. The molecule has 0 radical (unpaired) electrons. The third kappa shape index (κ3) is 3.27. The standard InChI is InChI=1S/C10H12BrNO5S/c1-2-18(16,17)10(11)9(13)7-3-5-8(6-4-7)12(14)15/h3-6,9-10,13H,2H2,1H3/t9-,10+/m0/s1. The van der Waals surface area contributed by atoms with E-state index in [0.29, 0.717) is 5.56 Å². The molecule has 1 aromatic rings. The van der Waals surface area contributed by atoms with Crippen molar-refractivity contribution in [3.63, 3.8) is 0 Å². The van der Waals surface area contributed by atoms with Crippen molar-refractivity contribution in [2.75, 3.05) is 5.75 Å². The Bertz CT molecular complexity index is 528. The number of alkyl halides is 1. The summed E-state index contributed by atoms with van der Waals surface area (Å²) in [6, 6.07) is 5.11. The number of nitro benzene ring substituents is 1. The minimum Gasteiger partial charge on any atom is -0.386 e. The number of benzene rings is 1. The number of nitrogens with zero attached hydrogens (tertiary/aromatic N) is 1. The number of sulfone groups is 1. The summed E-state index contributed by atoms with van der Waals surface area (Å²) >= 11 is 2.94. The summed E-state index contributed by atoms with van der Waals surface area (Å²) in [5.74, 6) is -0.104. The number of aliphatic hydroxyl groups excluding tert-OH is 1. The molecule has 8 heteroatoms. The molecular formula is C10H12BrNO5S. The maximum Gasteiger partial charge on any atom is 0.269 e. The second kappa shape index (κ2) is 5.77. The van der Waals surface area contributed by atoms with E-state index in [2.05, 4.69) is 15.9 Å². The molecule has 1 rings (SSSR count). The number of rotatable bonds is 5. The number of non-ortho nitro benzene ring substituents is 1. The zero-order valence-corrected chi connectivity index (χ0v) is 11.9. The molecule has 1 aromatic carbocycles. The molecular weight excluding hydrogens is 326 g/mol. The van der Waals surface area contributed by atoms with Crippen LogP contribution >= 0.6 is 15.9 Å². The van der Waals surface area contributed by atoms with Gasteiger partial charge in [0, 0.05) is 17.9 Å². The Kier molecular flexibility index (Phi) is 4.83. The van der Waals surface area contributed by atoms with E-state index in [1.165, 1.54) is 31.2 Å². The van der Waals surface area contributed by atoms with Gasteiger partial charge in [-0.25, -0.2) is 8.42 Å². The molecule has 0 bridgehead atoms. The van der Waals surface area contributed by atoms with Gasteiger partial charge in [0.15, 0.2) is 9.84 Å². The third-order valence-corrected chi connectivity index (χ3v) is 6.40. The highest BCUT2D eigenvalue weighted by molar-refractivity contribution is 9.11.